The van der Waals surface area contributed by atoms with E-state index in [1.165, 1.54) is 5.56 Å². The van der Waals surface area contributed by atoms with Crippen LogP contribution in [0, 0.1) is 16.7 Å². The number of hydrogen-bond acceptors (Lipinski definition) is 2. The highest BCUT2D eigenvalue weighted by molar-refractivity contribution is 5.99. The van der Waals surface area contributed by atoms with E-state index in [1.807, 2.05) is 17.0 Å². The van der Waals surface area contributed by atoms with Crippen molar-refractivity contribution >= 4 is 11.6 Å². The minimum atomic E-state index is 0.0960. The standard InChI is InChI=1S/C17H24N2O/c1-16(2)14(17(16,3)4)15(20)19-10-9-18-11-12-7-5-6-8-13(12)19/h5-8,14,18H,9-11H2,1-4H3. The second-order valence-corrected chi connectivity index (χ2v) is 7.17. The number of hydrogen-bond donors (Lipinski definition) is 1. The highest BCUT2D eigenvalue weighted by atomic mass is 16.2. The highest BCUT2D eigenvalue weighted by Gasteiger charge is 2.68. The number of rotatable bonds is 1. The molecular weight excluding hydrogens is 248 g/mol. The Kier molecular flexibility index (Phi) is 2.94. The van der Waals surface area contributed by atoms with Crippen molar-refractivity contribution in [3.63, 3.8) is 0 Å². The van der Waals surface area contributed by atoms with E-state index in [-0.39, 0.29) is 22.7 Å². The van der Waals surface area contributed by atoms with Gasteiger partial charge in [0.1, 0.15) is 0 Å². The fraction of sp³-hybridized carbons (Fsp3) is 0.588. The summed E-state index contributed by atoms with van der Waals surface area (Å²) >= 11 is 0. The van der Waals surface area contributed by atoms with Crippen LogP contribution in [0.15, 0.2) is 24.3 Å². The van der Waals surface area contributed by atoms with Gasteiger partial charge in [-0.3, -0.25) is 4.79 Å². The van der Waals surface area contributed by atoms with Crippen molar-refractivity contribution in [3.05, 3.63) is 29.8 Å². The van der Waals surface area contributed by atoms with Gasteiger partial charge < -0.3 is 10.2 Å². The van der Waals surface area contributed by atoms with Gasteiger partial charge in [-0.15, -0.1) is 0 Å². The van der Waals surface area contributed by atoms with Gasteiger partial charge in [-0.25, -0.2) is 0 Å². The molecule has 3 rings (SSSR count). The van der Waals surface area contributed by atoms with E-state index >= 15 is 0 Å². The normalized spacial score (nSPS) is 23.9. The number of carbonyl (C=O) groups is 1. The van der Waals surface area contributed by atoms with Crippen LogP contribution in [0.3, 0.4) is 0 Å². The van der Waals surface area contributed by atoms with Gasteiger partial charge in [0.2, 0.25) is 5.91 Å². The molecule has 20 heavy (non-hydrogen) atoms. The molecule has 1 fully saturated rings. The van der Waals surface area contributed by atoms with Gasteiger partial charge in [-0.1, -0.05) is 45.9 Å². The van der Waals surface area contributed by atoms with Crippen molar-refractivity contribution in [1.82, 2.24) is 5.32 Å². The summed E-state index contributed by atoms with van der Waals surface area (Å²) in [7, 11) is 0. The number of fused-ring (bicyclic) bond motifs is 1. The molecule has 1 aliphatic carbocycles. The molecule has 1 heterocycles. The summed E-state index contributed by atoms with van der Waals surface area (Å²) in [5.41, 5.74) is 2.49. The first-order valence-corrected chi connectivity index (χ1v) is 7.47. The molecule has 1 aromatic rings. The van der Waals surface area contributed by atoms with E-state index in [4.69, 9.17) is 0 Å². The molecular formula is C17H24N2O. The molecule has 1 aromatic carbocycles. The molecule has 0 spiro atoms. The Balaban J connectivity index is 1.93. The van der Waals surface area contributed by atoms with E-state index < -0.39 is 0 Å². The lowest BCUT2D eigenvalue weighted by molar-refractivity contribution is -0.120. The van der Waals surface area contributed by atoms with Gasteiger partial charge in [-0.05, 0) is 22.5 Å². The Bertz CT molecular complexity index is 534. The molecule has 3 heteroatoms. The summed E-state index contributed by atoms with van der Waals surface area (Å²) in [6.07, 6.45) is 0. The SMILES string of the molecule is CC1(C)C(C(=O)N2CCNCc3ccccc32)C1(C)C. The quantitative estimate of drug-likeness (QED) is 0.852. The first-order valence-electron chi connectivity index (χ1n) is 7.47. The Labute approximate surface area is 121 Å². The molecule has 0 bridgehead atoms. The summed E-state index contributed by atoms with van der Waals surface area (Å²) < 4.78 is 0. The summed E-state index contributed by atoms with van der Waals surface area (Å²) in [6, 6.07) is 8.24. The van der Waals surface area contributed by atoms with Crippen LogP contribution in [0.1, 0.15) is 33.3 Å². The average Bonchev–Trinajstić information content (AvgIpc) is 2.90. The molecule has 0 radical (unpaired) electrons. The van der Waals surface area contributed by atoms with E-state index in [9.17, 15) is 4.79 Å². The van der Waals surface area contributed by atoms with Gasteiger partial charge in [0.25, 0.3) is 0 Å². The van der Waals surface area contributed by atoms with Gasteiger partial charge >= 0.3 is 0 Å². The maximum Gasteiger partial charge on any atom is 0.231 e. The maximum absolute atomic E-state index is 13.0. The van der Waals surface area contributed by atoms with Crippen LogP contribution in [-0.2, 0) is 11.3 Å². The van der Waals surface area contributed by atoms with E-state index in [0.717, 1.165) is 25.3 Å². The lowest BCUT2D eigenvalue weighted by Gasteiger charge is -2.23. The number of carbonyl (C=O) groups excluding carboxylic acids is 1. The van der Waals surface area contributed by atoms with E-state index in [0.29, 0.717) is 0 Å². The number of nitrogens with one attached hydrogen (secondary N) is 1. The van der Waals surface area contributed by atoms with Crippen LogP contribution in [0.5, 0.6) is 0 Å². The largest absolute Gasteiger partial charge is 0.311 e. The Morgan fingerprint density at radius 3 is 2.50 bits per heavy atom. The van der Waals surface area contributed by atoms with Crippen molar-refractivity contribution in [1.29, 1.82) is 0 Å². The molecule has 1 saturated carbocycles. The number of amides is 1. The zero-order chi connectivity index (χ0) is 14.5. The van der Waals surface area contributed by atoms with Crippen LogP contribution in [-0.4, -0.2) is 19.0 Å². The minimum absolute atomic E-state index is 0.0960. The van der Waals surface area contributed by atoms with Crippen molar-refractivity contribution < 1.29 is 4.79 Å². The second-order valence-electron chi connectivity index (χ2n) is 7.17. The van der Waals surface area contributed by atoms with Crippen molar-refractivity contribution in [2.75, 3.05) is 18.0 Å². The van der Waals surface area contributed by atoms with Crippen molar-refractivity contribution in [2.45, 2.75) is 34.2 Å². The van der Waals surface area contributed by atoms with Crippen LogP contribution in [0.25, 0.3) is 0 Å². The minimum Gasteiger partial charge on any atom is -0.311 e. The fourth-order valence-corrected chi connectivity index (χ4v) is 3.66. The molecule has 3 nitrogen and oxygen atoms in total. The molecule has 0 unspecified atom stereocenters. The first kappa shape index (κ1) is 13.6. The lowest BCUT2D eigenvalue weighted by Crippen LogP contribution is -2.37. The van der Waals surface area contributed by atoms with Crippen molar-refractivity contribution in [2.24, 2.45) is 16.7 Å². The van der Waals surface area contributed by atoms with Crippen molar-refractivity contribution in [3.8, 4) is 0 Å². The number of anilines is 1. The van der Waals surface area contributed by atoms with Gasteiger partial charge in [-0.2, -0.15) is 0 Å². The topological polar surface area (TPSA) is 32.3 Å². The van der Waals surface area contributed by atoms with Gasteiger partial charge in [0.15, 0.2) is 0 Å². The number of benzene rings is 1. The third-order valence-electron chi connectivity index (χ3n) is 5.64. The summed E-state index contributed by atoms with van der Waals surface area (Å²) in [5, 5.41) is 3.40. The van der Waals surface area contributed by atoms with Crippen LogP contribution in [0.2, 0.25) is 0 Å². The van der Waals surface area contributed by atoms with E-state index in [1.54, 1.807) is 0 Å². The molecule has 108 valence electrons. The predicted octanol–water partition coefficient (Wildman–Crippen LogP) is 2.81. The molecule has 0 atom stereocenters. The molecule has 0 aromatic heterocycles. The molecule has 1 N–H and O–H groups in total. The number of nitrogens with zero attached hydrogens (tertiary/aromatic N) is 1. The fourth-order valence-electron chi connectivity index (χ4n) is 3.66. The Morgan fingerprint density at radius 1 is 1.20 bits per heavy atom. The smallest absolute Gasteiger partial charge is 0.231 e. The molecule has 0 saturated heterocycles. The highest BCUT2D eigenvalue weighted by Crippen LogP contribution is 2.68. The second kappa shape index (κ2) is 4.32. The lowest BCUT2D eigenvalue weighted by atomic mass is 10.0. The first-order chi connectivity index (χ1) is 9.37. The Hall–Kier alpha value is -1.35. The molecule has 1 aliphatic heterocycles. The molecule has 2 aliphatic rings. The zero-order valence-electron chi connectivity index (χ0n) is 12.9. The van der Waals surface area contributed by atoms with E-state index in [2.05, 4.69) is 45.1 Å². The maximum atomic E-state index is 13.0. The third-order valence-corrected chi connectivity index (χ3v) is 5.64. The monoisotopic (exact) mass is 272 g/mol. The molecule has 1 amide bonds. The number of para-hydroxylation sites is 1. The summed E-state index contributed by atoms with van der Waals surface area (Å²) in [5.74, 6) is 0.414. The summed E-state index contributed by atoms with van der Waals surface area (Å²) in [4.78, 5) is 15.0. The predicted molar refractivity (Wildman–Crippen MR) is 81.6 cm³/mol. The zero-order valence-corrected chi connectivity index (χ0v) is 12.9. The van der Waals surface area contributed by atoms with Crippen LogP contribution >= 0.6 is 0 Å². The van der Waals surface area contributed by atoms with Gasteiger partial charge in [0.05, 0.1) is 0 Å². The third kappa shape index (κ3) is 1.80. The Morgan fingerprint density at radius 2 is 1.85 bits per heavy atom. The summed E-state index contributed by atoms with van der Waals surface area (Å²) in [6.45, 7) is 11.3. The average molecular weight is 272 g/mol. The van der Waals surface area contributed by atoms with Crippen LogP contribution < -0.4 is 10.2 Å². The van der Waals surface area contributed by atoms with Crippen LogP contribution in [0.4, 0.5) is 5.69 Å². The van der Waals surface area contributed by atoms with Gasteiger partial charge in [0, 0.05) is 31.2 Å².